The van der Waals surface area contributed by atoms with Crippen molar-refractivity contribution in [2.45, 2.75) is 160 Å². The molecule has 2 fully saturated rings. The van der Waals surface area contributed by atoms with Crippen molar-refractivity contribution in [1.82, 2.24) is 55.1 Å². The molecule has 2 heterocycles. The van der Waals surface area contributed by atoms with E-state index in [1.807, 2.05) is 20.8 Å². The molecule has 5 rings (SSSR count). The molecule has 26 heteroatoms. The lowest BCUT2D eigenvalue weighted by atomic mass is 9.95. The second kappa shape index (κ2) is 34.2. The summed E-state index contributed by atoms with van der Waals surface area (Å²) in [5.74, 6) is -7.96. The van der Waals surface area contributed by atoms with Crippen LogP contribution in [0.15, 0.2) is 78.9 Å². The van der Waals surface area contributed by atoms with Gasteiger partial charge in [-0.25, -0.2) is 0 Å². The molecule has 3 aromatic carbocycles. The minimum Gasteiger partial charge on any atom is -0.351 e. The van der Waals surface area contributed by atoms with Crippen LogP contribution in [0.2, 0.25) is 5.02 Å². The molecule has 11 amide bonds. The van der Waals surface area contributed by atoms with E-state index in [-0.39, 0.29) is 57.4 Å². The van der Waals surface area contributed by atoms with Gasteiger partial charge in [0.25, 0.3) is 0 Å². The summed E-state index contributed by atoms with van der Waals surface area (Å²) in [7, 11) is 9.68. The summed E-state index contributed by atoms with van der Waals surface area (Å²) < 4.78 is 41.0. The van der Waals surface area contributed by atoms with Crippen molar-refractivity contribution in [2.75, 3.05) is 75.5 Å². The number of benzene rings is 3. The fraction of sp³-hybridized carbons (Fsp3) is 0.567. The SMILES string of the molecule is CC[C@H](C)[C@@H]1NC(=O)[C@H](C)N(C)C(=O)C[C@@H](C)NC(=O)[C@H](CC(C)C)N(C)C(=O)[C@H](Cc2ccccc2)N(C)C(=O)C2CCCCN2C(=O)[C@H](CCc2ccc(C(F)(F)F)cc2)NC(=O)CN(C)C(=O)[C@H](Cc2ccc(Cl)cc2)N(C)C(=O)CN(C)C(=O)CN(C)C1=O. The summed E-state index contributed by atoms with van der Waals surface area (Å²) in [6.45, 7) is 8.61. The zero-order valence-corrected chi connectivity index (χ0v) is 56.5. The van der Waals surface area contributed by atoms with Crippen molar-refractivity contribution >= 4 is 76.6 Å². The third-order valence-electron chi connectivity index (χ3n) is 17.7. The molecule has 0 bridgehead atoms. The number of carbonyl (C=O) groups excluding carboxylic acids is 11. The fourth-order valence-corrected chi connectivity index (χ4v) is 11.5. The van der Waals surface area contributed by atoms with Crippen LogP contribution in [0.25, 0.3) is 0 Å². The van der Waals surface area contributed by atoms with Gasteiger partial charge in [-0.15, -0.1) is 0 Å². The molecule has 2 aliphatic rings. The molecule has 1 unspecified atom stereocenters. The monoisotopic (exact) mass is 1320 g/mol. The normalized spacial score (nSPS) is 24.3. The number of carbonyl (C=O) groups is 11. The second-order valence-corrected chi connectivity index (χ2v) is 25.7. The number of hydrogen-bond acceptors (Lipinski definition) is 11. The molecule has 2 aliphatic heterocycles. The fourth-order valence-electron chi connectivity index (χ4n) is 11.4. The number of nitrogens with one attached hydrogen (secondary N) is 3. The maximum Gasteiger partial charge on any atom is 0.416 e. The average Bonchev–Trinajstić information content (AvgIpc) is 0.827. The van der Waals surface area contributed by atoms with E-state index in [2.05, 4.69) is 16.0 Å². The molecule has 0 aliphatic carbocycles. The van der Waals surface area contributed by atoms with E-state index >= 15 is 14.4 Å². The first-order valence-electron chi connectivity index (χ1n) is 31.6. The molecule has 93 heavy (non-hydrogen) atoms. The number of nitrogens with zero attached hydrogens (tertiary/aromatic N) is 8. The summed E-state index contributed by atoms with van der Waals surface area (Å²) in [6, 6.07) is 10.3. The highest BCUT2D eigenvalue weighted by Crippen LogP contribution is 2.30. The summed E-state index contributed by atoms with van der Waals surface area (Å²) >= 11 is 6.21. The van der Waals surface area contributed by atoms with Gasteiger partial charge in [-0.05, 0) is 105 Å². The van der Waals surface area contributed by atoms with Crippen LogP contribution in [-0.2, 0) is 78.2 Å². The Morgan fingerprint density at radius 2 is 1.12 bits per heavy atom. The van der Waals surface area contributed by atoms with Crippen molar-refractivity contribution in [2.24, 2.45) is 11.8 Å². The zero-order chi connectivity index (χ0) is 69.3. The minimum atomic E-state index is -4.63. The largest absolute Gasteiger partial charge is 0.416 e. The number of fused-ring (bicyclic) bond motifs is 1. The Balaban J connectivity index is 1.59. The number of aryl methyl sites for hydroxylation is 1. The molecule has 3 N–H and O–H groups in total. The summed E-state index contributed by atoms with van der Waals surface area (Å²) in [5.41, 5.74) is 0.729. The topological polar surface area (TPSA) is 250 Å². The Hall–Kier alpha value is -8.09. The molecule has 9 atom stereocenters. The van der Waals surface area contributed by atoms with Gasteiger partial charge in [0.15, 0.2) is 0 Å². The van der Waals surface area contributed by atoms with Gasteiger partial charge in [0.2, 0.25) is 65.0 Å². The first-order valence-corrected chi connectivity index (χ1v) is 32.0. The van der Waals surface area contributed by atoms with Gasteiger partial charge >= 0.3 is 6.18 Å². The van der Waals surface area contributed by atoms with E-state index in [1.54, 1.807) is 68.4 Å². The highest BCUT2D eigenvalue weighted by atomic mass is 35.5. The number of amides is 11. The van der Waals surface area contributed by atoms with Crippen LogP contribution in [0.3, 0.4) is 0 Å². The predicted octanol–water partition coefficient (Wildman–Crippen LogP) is 4.83. The lowest BCUT2D eigenvalue weighted by Gasteiger charge is -2.41. The minimum absolute atomic E-state index is 0.0197. The quantitative estimate of drug-likeness (QED) is 0.235. The van der Waals surface area contributed by atoms with E-state index in [0.29, 0.717) is 41.0 Å². The van der Waals surface area contributed by atoms with Crippen LogP contribution in [0, 0.1) is 11.8 Å². The van der Waals surface area contributed by atoms with Gasteiger partial charge in [-0.3, -0.25) is 52.7 Å². The highest BCUT2D eigenvalue weighted by Gasteiger charge is 2.43. The third-order valence-corrected chi connectivity index (χ3v) is 17.9. The standard InChI is InChI=1S/C67H93ClF3N11O11/c1-14-42(4)59-66(93)77(9)39-57(85)75(7)40-58(86)79(11)53(37-47-25-30-49(68)31-26-47)63(90)76(8)38-55(83)73-50(32-27-45-23-28-48(29-24-45)67(69,70)71)62(89)82-33-19-18-22-51(82)64(91)81(13)54(36-46-20-16-15-17-21-46)65(92)80(12)52(34-41(2)3)61(88)72-43(5)35-56(84)78(10)44(6)60(87)74-59/h15-17,20-21,23-26,28-31,41-44,50-54,59H,14,18-19,22,27,32-40H2,1-13H3,(H,72,88)(H,73,83)(H,74,87)/t42-,43+,44-,50-,51?,52-,53-,54-,59-/m0/s1. The molecule has 22 nitrogen and oxygen atoms in total. The molecular formula is C67H93ClF3N11O11. The third kappa shape index (κ3) is 21.0. The molecule has 2 saturated heterocycles. The van der Waals surface area contributed by atoms with Gasteiger partial charge in [0.05, 0.1) is 25.2 Å². The summed E-state index contributed by atoms with van der Waals surface area (Å²) in [6.07, 6.45) is -3.59. The molecule has 0 spiro atoms. The Morgan fingerprint density at radius 3 is 1.71 bits per heavy atom. The van der Waals surface area contributed by atoms with Crippen LogP contribution in [0.5, 0.6) is 0 Å². The zero-order valence-electron chi connectivity index (χ0n) is 55.8. The first-order chi connectivity index (χ1) is 43.6. The number of alkyl halides is 3. The Morgan fingerprint density at radius 1 is 0.559 bits per heavy atom. The van der Waals surface area contributed by atoms with Gasteiger partial charge in [-0.1, -0.05) is 100 Å². The van der Waals surface area contributed by atoms with Crippen molar-refractivity contribution < 1.29 is 65.9 Å². The molecule has 0 aromatic heterocycles. The number of hydrogen-bond donors (Lipinski definition) is 3. The van der Waals surface area contributed by atoms with E-state index in [0.717, 1.165) is 31.7 Å². The maximum atomic E-state index is 15.3. The van der Waals surface area contributed by atoms with Gasteiger partial charge in [0, 0.05) is 86.2 Å². The van der Waals surface area contributed by atoms with Crippen molar-refractivity contribution in [3.63, 3.8) is 0 Å². The second-order valence-electron chi connectivity index (χ2n) is 25.3. The Kier molecular flexibility index (Phi) is 27.8. The predicted molar refractivity (Wildman–Crippen MR) is 344 cm³/mol. The maximum absolute atomic E-state index is 15.3. The molecule has 0 radical (unpaired) electrons. The van der Waals surface area contributed by atoms with Gasteiger partial charge < -0.3 is 55.1 Å². The van der Waals surface area contributed by atoms with E-state index < -0.39 is 151 Å². The lowest BCUT2D eigenvalue weighted by Crippen LogP contribution is -2.61. The van der Waals surface area contributed by atoms with Crippen LogP contribution >= 0.6 is 11.6 Å². The summed E-state index contributed by atoms with van der Waals surface area (Å²) in [4.78, 5) is 169. The van der Waals surface area contributed by atoms with Crippen molar-refractivity contribution in [3.8, 4) is 0 Å². The lowest BCUT2D eigenvalue weighted by molar-refractivity contribution is -0.154. The van der Waals surface area contributed by atoms with Gasteiger partial charge in [0.1, 0.15) is 42.3 Å². The Labute approximate surface area is 549 Å². The van der Waals surface area contributed by atoms with Crippen molar-refractivity contribution in [1.29, 1.82) is 0 Å². The van der Waals surface area contributed by atoms with Crippen LogP contribution in [-0.4, -0.2) is 228 Å². The summed E-state index contributed by atoms with van der Waals surface area (Å²) in [5, 5.41) is 8.80. The first kappa shape index (κ1) is 75.6. The van der Waals surface area contributed by atoms with Crippen LogP contribution < -0.4 is 16.0 Å². The van der Waals surface area contributed by atoms with E-state index in [9.17, 15) is 51.5 Å². The number of likely N-dealkylation sites (N-methyl/N-ethyl adjacent to an activating group) is 7. The number of piperidine rings is 1. The smallest absolute Gasteiger partial charge is 0.351 e. The van der Waals surface area contributed by atoms with Crippen LogP contribution in [0.4, 0.5) is 13.2 Å². The average molecular weight is 1320 g/mol. The Bertz CT molecular complexity index is 3120. The van der Waals surface area contributed by atoms with E-state index in [4.69, 9.17) is 11.6 Å². The molecule has 0 saturated carbocycles. The number of halogens is 4. The van der Waals surface area contributed by atoms with Gasteiger partial charge in [-0.2, -0.15) is 13.2 Å². The van der Waals surface area contributed by atoms with Crippen LogP contribution in [0.1, 0.15) is 109 Å². The number of rotatable bonds is 11. The molecular weight excluding hydrogens is 1230 g/mol. The molecule has 510 valence electrons. The highest BCUT2D eigenvalue weighted by molar-refractivity contribution is 6.30. The molecule has 3 aromatic rings. The van der Waals surface area contributed by atoms with Crippen molar-refractivity contribution in [3.05, 3.63) is 106 Å². The van der Waals surface area contributed by atoms with E-state index in [1.165, 1.54) is 88.0 Å².